The highest BCUT2D eigenvalue weighted by Crippen LogP contribution is 2.37. The lowest BCUT2D eigenvalue weighted by atomic mass is 9.98. The Bertz CT molecular complexity index is 1560. The average Bonchev–Trinajstić information content (AvgIpc) is 2.84. The van der Waals surface area contributed by atoms with Crippen molar-refractivity contribution in [2.24, 2.45) is 0 Å². The van der Waals surface area contributed by atoms with Crippen LogP contribution < -0.4 is 10.1 Å². The first-order valence-electron chi connectivity index (χ1n) is 11.4. The second kappa shape index (κ2) is 10.9. The van der Waals surface area contributed by atoms with Crippen LogP contribution in [-0.4, -0.2) is 31.5 Å². The smallest absolute Gasteiger partial charge is 0.404 e. The molecule has 0 unspecified atom stereocenters. The van der Waals surface area contributed by atoms with Gasteiger partial charge in [-0.1, -0.05) is 35.9 Å². The molecule has 214 valence electrons. The van der Waals surface area contributed by atoms with E-state index in [9.17, 15) is 43.9 Å². The van der Waals surface area contributed by atoms with E-state index in [0.29, 0.717) is 23.3 Å². The Morgan fingerprint density at radius 3 is 2.38 bits per heavy atom. The summed E-state index contributed by atoms with van der Waals surface area (Å²) in [6, 6.07) is 9.30. The fraction of sp³-hybridized carbons (Fsp3) is 0.240. The lowest BCUT2D eigenvalue weighted by Crippen LogP contribution is -2.37. The molecule has 0 spiro atoms. The van der Waals surface area contributed by atoms with Gasteiger partial charge in [0.15, 0.2) is 0 Å². The first kappa shape index (κ1) is 29.6. The van der Waals surface area contributed by atoms with E-state index in [0.717, 1.165) is 22.5 Å². The Kier molecular flexibility index (Phi) is 8.07. The van der Waals surface area contributed by atoms with Crippen molar-refractivity contribution in [2.75, 3.05) is 11.9 Å². The maximum absolute atomic E-state index is 13.9. The van der Waals surface area contributed by atoms with Gasteiger partial charge in [0.05, 0.1) is 22.7 Å². The largest absolute Gasteiger partial charge is 0.573 e. The van der Waals surface area contributed by atoms with Crippen LogP contribution in [0.4, 0.5) is 36.4 Å². The van der Waals surface area contributed by atoms with Gasteiger partial charge < -0.3 is 10.1 Å². The van der Waals surface area contributed by atoms with Gasteiger partial charge in [-0.05, 0) is 53.4 Å². The highest BCUT2D eigenvalue weighted by Gasteiger charge is 2.37. The molecule has 0 saturated carbocycles. The van der Waals surface area contributed by atoms with Crippen LogP contribution in [0, 0.1) is 5.82 Å². The van der Waals surface area contributed by atoms with Crippen LogP contribution in [0.1, 0.15) is 22.3 Å². The number of fused-ring (bicyclic) bond motifs is 1. The molecule has 3 aromatic rings. The summed E-state index contributed by atoms with van der Waals surface area (Å²) < 4.78 is 122. The number of carbonyl (C=O) groups is 1. The number of carbonyl (C=O) groups excluding carboxylic acids is 1. The van der Waals surface area contributed by atoms with Crippen LogP contribution in [0.15, 0.2) is 59.5 Å². The summed E-state index contributed by atoms with van der Waals surface area (Å²) in [4.78, 5) is 12.0. The summed E-state index contributed by atoms with van der Waals surface area (Å²) in [5.41, 5.74) is -0.491. The molecule has 0 aromatic heterocycles. The maximum Gasteiger partial charge on any atom is 0.573 e. The maximum atomic E-state index is 13.9. The Morgan fingerprint density at radius 1 is 1.02 bits per heavy atom. The number of benzene rings is 3. The van der Waals surface area contributed by atoms with Crippen LogP contribution in [0.25, 0.3) is 0 Å². The van der Waals surface area contributed by atoms with Gasteiger partial charge in [0.2, 0.25) is 15.9 Å². The molecule has 0 fully saturated rings. The molecule has 0 bridgehead atoms. The first-order valence-corrected chi connectivity index (χ1v) is 13.2. The number of nitrogens with one attached hydrogen (secondary N) is 1. The van der Waals surface area contributed by atoms with Crippen molar-refractivity contribution in [1.29, 1.82) is 0 Å². The van der Waals surface area contributed by atoms with Gasteiger partial charge in [-0.3, -0.25) is 4.79 Å². The minimum absolute atomic E-state index is 0.0158. The molecule has 3 aromatic carbocycles. The predicted octanol–water partition coefficient (Wildman–Crippen LogP) is 6.32. The van der Waals surface area contributed by atoms with Gasteiger partial charge in [-0.15, -0.1) is 13.2 Å². The third kappa shape index (κ3) is 6.50. The van der Waals surface area contributed by atoms with Gasteiger partial charge in [-0.25, -0.2) is 12.8 Å². The summed E-state index contributed by atoms with van der Waals surface area (Å²) in [7, 11) is -4.44. The zero-order valence-corrected chi connectivity index (χ0v) is 21.6. The third-order valence-corrected chi connectivity index (χ3v) is 8.18. The zero-order chi connectivity index (χ0) is 29.5. The topological polar surface area (TPSA) is 75.7 Å². The molecule has 0 aliphatic carbocycles. The average molecular weight is 611 g/mol. The molecule has 6 nitrogen and oxygen atoms in total. The second-order valence-electron chi connectivity index (χ2n) is 8.68. The molecule has 1 aliphatic rings. The van der Waals surface area contributed by atoms with Gasteiger partial charge in [0, 0.05) is 13.1 Å². The fourth-order valence-electron chi connectivity index (χ4n) is 4.22. The molecule has 1 N–H and O–H groups in total. The van der Waals surface area contributed by atoms with Gasteiger partial charge in [0.1, 0.15) is 16.5 Å². The highest BCUT2D eigenvalue weighted by atomic mass is 35.5. The number of para-hydroxylation sites is 1. The van der Waals surface area contributed by atoms with Gasteiger partial charge in [0.25, 0.3) is 0 Å². The second-order valence-corrected chi connectivity index (χ2v) is 11.0. The number of ether oxygens (including phenoxy) is 1. The lowest BCUT2D eigenvalue weighted by molar-refractivity contribution is -0.275. The minimum atomic E-state index is -5.11. The van der Waals surface area contributed by atoms with Crippen LogP contribution in [-0.2, 0) is 40.4 Å². The van der Waals surface area contributed by atoms with E-state index in [-0.39, 0.29) is 35.8 Å². The van der Waals surface area contributed by atoms with E-state index in [1.54, 1.807) is 0 Å². The number of nitrogens with zero attached hydrogens (tertiary/aromatic N) is 1. The number of hydrogen-bond acceptors (Lipinski definition) is 4. The van der Waals surface area contributed by atoms with E-state index in [4.69, 9.17) is 11.6 Å². The van der Waals surface area contributed by atoms with E-state index in [1.165, 1.54) is 24.3 Å². The number of rotatable bonds is 6. The molecule has 0 radical (unpaired) electrons. The molecule has 1 aliphatic heterocycles. The summed E-state index contributed by atoms with van der Waals surface area (Å²) in [6.45, 7) is -0.439. The molecular weight excluding hydrogens is 593 g/mol. The standard InChI is InChI=1S/C25H18ClF7N2O4S/c26-18-8-6-15-13-35(40(37,38)21-4-2-1-3-20(21)39-25(31,32)33)10-9-16(15)23(18)34-22(36)12-14-5-7-17(19(27)11-14)24(28,29)30/h1-8,11H,9-10,12-13H2,(H,34,36). The van der Waals surface area contributed by atoms with Crippen molar-refractivity contribution in [3.8, 4) is 5.75 Å². The van der Waals surface area contributed by atoms with E-state index < -0.39 is 56.9 Å². The van der Waals surface area contributed by atoms with Gasteiger partial charge >= 0.3 is 12.5 Å². The number of alkyl halides is 6. The predicted molar refractivity (Wildman–Crippen MR) is 130 cm³/mol. The summed E-state index contributed by atoms with van der Waals surface area (Å²) in [5.74, 6) is -3.14. The fourth-order valence-corrected chi connectivity index (χ4v) is 5.98. The lowest BCUT2D eigenvalue weighted by Gasteiger charge is -2.30. The van der Waals surface area contributed by atoms with Crippen molar-refractivity contribution in [3.05, 3.63) is 87.7 Å². The summed E-state index contributed by atoms with van der Waals surface area (Å²) in [6.07, 6.45) is -10.5. The summed E-state index contributed by atoms with van der Waals surface area (Å²) in [5, 5.41) is 2.63. The molecule has 15 heteroatoms. The quantitative estimate of drug-likeness (QED) is 0.331. The van der Waals surface area contributed by atoms with Crippen molar-refractivity contribution < 1.29 is 48.7 Å². The first-order chi connectivity index (χ1) is 18.6. The van der Waals surface area contributed by atoms with Crippen molar-refractivity contribution >= 4 is 33.2 Å². The normalized spacial score (nSPS) is 14.5. The molecule has 0 atom stereocenters. The van der Waals surface area contributed by atoms with Crippen LogP contribution in [0.3, 0.4) is 0 Å². The molecular formula is C25H18ClF7N2O4S. The highest BCUT2D eigenvalue weighted by molar-refractivity contribution is 7.89. The molecule has 1 heterocycles. The third-order valence-electron chi connectivity index (χ3n) is 5.98. The Labute approximate surface area is 228 Å². The van der Waals surface area contributed by atoms with Gasteiger partial charge in [-0.2, -0.15) is 17.5 Å². The molecule has 40 heavy (non-hydrogen) atoms. The number of amides is 1. The van der Waals surface area contributed by atoms with Crippen LogP contribution >= 0.6 is 11.6 Å². The number of anilines is 1. The Morgan fingerprint density at radius 2 is 1.73 bits per heavy atom. The minimum Gasteiger partial charge on any atom is -0.404 e. The van der Waals surface area contributed by atoms with E-state index in [2.05, 4.69) is 10.1 Å². The molecule has 1 amide bonds. The SMILES string of the molecule is O=C(Cc1ccc(C(F)(F)F)c(F)c1)Nc1c(Cl)ccc2c1CCN(S(=O)(=O)c1ccccc1OC(F)(F)F)C2. The Balaban J connectivity index is 1.54. The van der Waals surface area contributed by atoms with Crippen LogP contribution in [0.5, 0.6) is 5.75 Å². The van der Waals surface area contributed by atoms with E-state index >= 15 is 0 Å². The van der Waals surface area contributed by atoms with Crippen molar-refractivity contribution in [2.45, 2.75) is 36.8 Å². The van der Waals surface area contributed by atoms with E-state index in [1.807, 2.05) is 0 Å². The number of halogens is 8. The number of hydrogen-bond donors (Lipinski definition) is 1. The van der Waals surface area contributed by atoms with Crippen LogP contribution in [0.2, 0.25) is 5.02 Å². The number of sulfonamides is 1. The molecule has 4 rings (SSSR count). The molecule has 0 saturated heterocycles. The van der Waals surface area contributed by atoms with Crippen molar-refractivity contribution in [1.82, 2.24) is 4.31 Å². The van der Waals surface area contributed by atoms with Crippen molar-refractivity contribution in [3.63, 3.8) is 0 Å². The monoisotopic (exact) mass is 610 g/mol. The summed E-state index contributed by atoms with van der Waals surface area (Å²) >= 11 is 6.25. The Hall–Kier alpha value is -3.36. The zero-order valence-electron chi connectivity index (χ0n) is 20.0.